The Balaban J connectivity index is 1.36. The van der Waals surface area contributed by atoms with Gasteiger partial charge in [0.1, 0.15) is 0 Å². The van der Waals surface area contributed by atoms with E-state index in [4.69, 9.17) is 4.74 Å². The summed E-state index contributed by atoms with van der Waals surface area (Å²) in [5.41, 5.74) is 2.29. The van der Waals surface area contributed by atoms with E-state index in [1.54, 1.807) is 30.3 Å². The third-order valence-electron chi connectivity index (χ3n) is 6.21. The first kappa shape index (κ1) is 22.9. The number of nitrogens with zero attached hydrogens (tertiary/aromatic N) is 2. The van der Waals surface area contributed by atoms with Gasteiger partial charge in [0.2, 0.25) is 15.9 Å². The molecule has 0 spiro atoms. The lowest BCUT2D eigenvalue weighted by molar-refractivity contribution is -0.126. The van der Waals surface area contributed by atoms with Gasteiger partial charge in [0.05, 0.1) is 24.0 Å². The molecule has 2 aliphatic rings. The Morgan fingerprint density at radius 1 is 0.969 bits per heavy atom. The van der Waals surface area contributed by atoms with Gasteiger partial charge in [-0.25, -0.2) is 8.42 Å². The highest BCUT2D eigenvalue weighted by molar-refractivity contribution is 7.89. The number of morpholine rings is 1. The number of piperidine rings is 1. The Hall–Kier alpha value is -2.26. The number of nitrogens with one attached hydrogen (secondary N) is 1. The molecule has 7 nitrogen and oxygen atoms in total. The Bertz CT molecular complexity index is 1010. The first-order valence-corrected chi connectivity index (χ1v) is 12.7. The van der Waals surface area contributed by atoms with Crippen LogP contribution in [0.2, 0.25) is 0 Å². The predicted molar refractivity (Wildman–Crippen MR) is 122 cm³/mol. The molecular weight excluding hydrogens is 426 g/mol. The minimum absolute atomic E-state index is 0.0841. The zero-order chi connectivity index (χ0) is 22.4. The normalized spacial score (nSPS) is 20.7. The zero-order valence-electron chi connectivity index (χ0n) is 18.3. The van der Waals surface area contributed by atoms with Crippen molar-refractivity contribution < 1.29 is 17.9 Å². The number of sulfonamides is 1. The van der Waals surface area contributed by atoms with Crippen molar-refractivity contribution in [2.45, 2.75) is 30.8 Å². The summed E-state index contributed by atoms with van der Waals surface area (Å²) in [4.78, 5) is 15.6. The van der Waals surface area contributed by atoms with Crippen LogP contribution in [0, 0.1) is 5.92 Å². The third-order valence-corrected chi connectivity index (χ3v) is 8.08. The lowest BCUT2D eigenvalue weighted by Gasteiger charge is -2.31. The second kappa shape index (κ2) is 10.6. The molecule has 32 heavy (non-hydrogen) atoms. The maximum Gasteiger partial charge on any atom is 0.243 e. The van der Waals surface area contributed by atoms with Gasteiger partial charge in [0, 0.05) is 39.3 Å². The van der Waals surface area contributed by atoms with Crippen molar-refractivity contribution in [2.24, 2.45) is 5.92 Å². The first-order chi connectivity index (χ1) is 15.5. The molecule has 0 radical (unpaired) electrons. The van der Waals surface area contributed by atoms with E-state index in [0.717, 1.165) is 38.4 Å². The quantitative estimate of drug-likeness (QED) is 0.690. The van der Waals surface area contributed by atoms with Gasteiger partial charge in [-0.1, -0.05) is 42.5 Å². The minimum Gasteiger partial charge on any atom is -0.379 e. The van der Waals surface area contributed by atoms with Gasteiger partial charge in [-0.05, 0) is 36.1 Å². The van der Waals surface area contributed by atoms with Crippen molar-refractivity contribution in [3.8, 4) is 0 Å². The average Bonchev–Trinajstić information content (AvgIpc) is 2.84. The number of rotatable bonds is 7. The monoisotopic (exact) mass is 457 g/mol. The largest absolute Gasteiger partial charge is 0.379 e. The molecule has 8 heteroatoms. The van der Waals surface area contributed by atoms with Crippen LogP contribution in [-0.4, -0.2) is 62.9 Å². The zero-order valence-corrected chi connectivity index (χ0v) is 19.1. The molecule has 2 aromatic carbocycles. The molecule has 172 valence electrons. The van der Waals surface area contributed by atoms with Crippen LogP contribution in [0.1, 0.15) is 24.0 Å². The standard InChI is InChI=1S/C24H31N3O4S/c28-24(22-9-6-12-27(19-22)32(29,30)23-10-2-1-3-11-23)25-17-20-7-4-5-8-21(20)18-26-13-15-31-16-14-26/h1-5,7-8,10-11,22H,6,9,12-19H2,(H,25,28)/t22-/m0/s1. The number of benzene rings is 2. The van der Waals surface area contributed by atoms with Crippen molar-refractivity contribution in [1.29, 1.82) is 0 Å². The Kier molecular flexibility index (Phi) is 7.57. The molecule has 1 amide bonds. The van der Waals surface area contributed by atoms with Crippen LogP contribution in [0.15, 0.2) is 59.5 Å². The lowest BCUT2D eigenvalue weighted by atomic mass is 9.98. The van der Waals surface area contributed by atoms with Gasteiger partial charge >= 0.3 is 0 Å². The van der Waals surface area contributed by atoms with Gasteiger partial charge in [-0.3, -0.25) is 9.69 Å². The molecule has 0 unspecified atom stereocenters. The lowest BCUT2D eigenvalue weighted by Crippen LogP contribution is -2.45. The highest BCUT2D eigenvalue weighted by atomic mass is 32.2. The summed E-state index contributed by atoms with van der Waals surface area (Å²) >= 11 is 0. The summed E-state index contributed by atoms with van der Waals surface area (Å²) in [5, 5.41) is 3.05. The molecule has 2 aliphatic heterocycles. The molecule has 2 aromatic rings. The molecular formula is C24H31N3O4S. The van der Waals surface area contributed by atoms with E-state index in [2.05, 4.69) is 16.3 Å². The number of hydrogen-bond donors (Lipinski definition) is 1. The number of hydrogen-bond acceptors (Lipinski definition) is 5. The van der Waals surface area contributed by atoms with Crippen LogP contribution in [0.4, 0.5) is 0 Å². The number of carbonyl (C=O) groups is 1. The topological polar surface area (TPSA) is 79.0 Å². The molecule has 0 bridgehead atoms. The van der Waals surface area contributed by atoms with Crippen LogP contribution in [0.25, 0.3) is 0 Å². The van der Waals surface area contributed by atoms with Crippen molar-refractivity contribution in [2.75, 3.05) is 39.4 Å². The number of carbonyl (C=O) groups excluding carboxylic acids is 1. The summed E-state index contributed by atoms with van der Waals surface area (Å²) in [7, 11) is -3.58. The molecule has 2 fully saturated rings. The van der Waals surface area contributed by atoms with Gasteiger partial charge < -0.3 is 10.1 Å². The Morgan fingerprint density at radius 2 is 1.66 bits per heavy atom. The fourth-order valence-corrected chi connectivity index (χ4v) is 5.87. The fourth-order valence-electron chi connectivity index (χ4n) is 4.33. The molecule has 4 rings (SSSR count). The average molecular weight is 458 g/mol. The molecule has 0 saturated carbocycles. The van der Waals surface area contributed by atoms with Crippen LogP contribution in [0.5, 0.6) is 0 Å². The van der Waals surface area contributed by atoms with Crippen molar-refractivity contribution >= 4 is 15.9 Å². The van der Waals surface area contributed by atoms with Crippen LogP contribution >= 0.6 is 0 Å². The third kappa shape index (κ3) is 5.56. The summed E-state index contributed by atoms with van der Waals surface area (Å²) in [5.74, 6) is -0.423. The molecule has 2 heterocycles. The minimum atomic E-state index is -3.58. The van der Waals surface area contributed by atoms with E-state index < -0.39 is 10.0 Å². The fraction of sp³-hybridized carbons (Fsp3) is 0.458. The number of ether oxygens (including phenoxy) is 1. The van der Waals surface area contributed by atoms with Gasteiger partial charge in [0.15, 0.2) is 0 Å². The van der Waals surface area contributed by atoms with E-state index in [1.807, 2.05) is 18.2 Å². The van der Waals surface area contributed by atoms with E-state index in [1.165, 1.54) is 9.87 Å². The number of amides is 1. The highest BCUT2D eigenvalue weighted by Crippen LogP contribution is 2.24. The summed E-state index contributed by atoms with van der Waals surface area (Å²) < 4.78 is 32.8. The van der Waals surface area contributed by atoms with Crippen molar-refractivity contribution in [1.82, 2.24) is 14.5 Å². The molecule has 0 aliphatic carbocycles. The molecule has 0 aromatic heterocycles. The van der Waals surface area contributed by atoms with Gasteiger partial charge in [-0.2, -0.15) is 4.31 Å². The highest BCUT2D eigenvalue weighted by Gasteiger charge is 2.33. The molecule has 1 N–H and O–H groups in total. The second-order valence-electron chi connectivity index (χ2n) is 8.39. The van der Waals surface area contributed by atoms with Crippen LogP contribution < -0.4 is 5.32 Å². The second-order valence-corrected chi connectivity index (χ2v) is 10.3. The van der Waals surface area contributed by atoms with Gasteiger partial charge in [-0.15, -0.1) is 0 Å². The van der Waals surface area contributed by atoms with Gasteiger partial charge in [0.25, 0.3) is 0 Å². The van der Waals surface area contributed by atoms with Crippen molar-refractivity contribution in [3.63, 3.8) is 0 Å². The maximum atomic E-state index is 12.9. The molecule has 2 saturated heterocycles. The Labute approximate surface area is 190 Å². The SMILES string of the molecule is O=C(NCc1ccccc1CN1CCOCC1)[C@H]1CCCN(S(=O)(=O)c2ccccc2)C1. The van der Waals surface area contributed by atoms with E-state index in [9.17, 15) is 13.2 Å². The Morgan fingerprint density at radius 3 is 2.41 bits per heavy atom. The summed E-state index contributed by atoms with van der Waals surface area (Å²) in [6.45, 7) is 5.28. The smallest absolute Gasteiger partial charge is 0.243 e. The van der Waals surface area contributed by atoms with E-state index in [-0.39, 0.29) is 23.3 Å². The predicted octanol–water partition coefficient (Wildman–Crippen LogP) is 2.24. The van der Waals surface area contributed by atoms with E-state index >= 15 is 0 Å². The molecule has 1 atom stereocenters. The summed E-state index contributed by atoms with van der Waals surface area (Å²) in [6.07, 6.45) is 1.37. The summed E-state index contributed by atoms with van der Waals surface area (Å²) in [6, 6.07) is 16.6. The maximum absolute atomic E-state index is 12.9. The first-order valence-electron chi connectivity index (χ1n) is 11.2. The van der Waals surface area contributed by atoms with E-state index in [0.29, 0.717) is 25.9 Å². The van der Waals surface area contributed by atoms with Crippen LogP contribution in [-0.2, 0) is 32.6 Å². The van der Waals surface area contributed by atoms with Crippen molar-refractivity contribution in [3.05, 3.63) is 65.7 Å². The van der Waals surface area contributed by atoms with Crippen LogP contribution in [0.3, 0.4) is 0 Å².